The number of aromatic hydroxyl groups is 1. The third-order valence-electron chi connectivity index (χ3n) is 7.08. The van der Waals surface area contributed by atoms with Gasteiger partial charge in [0.25, 0.3) is 5.56 Å². The molecule has 1 fully saturated rings. The number of aromatic amines is 1. The van der Waals surface area contributed by atoms with Crippen LogP contribution in [0.4, 0.5) is 4.39 Å². The van der Waals surface area contributed by atoms with E-state index < -0.39 is 23.4 Å². The highest BCUT2D eigenvalue weighted by molar-refractivity contribution is 5.45. The fraction of sp³-hybridized carbons (Fsp3) is 0.400. The number of methoxy groups -OCH3 is 1. The Morgan fingerprint density at radius 2 is 1.82 bits per heavy atom. The summed E-state index contributed by atoms with van der Waals surface area (Å²) in [6.07, 6.45) is 1.93. The van der Waals surface area contributed by atoms with E-state index in [1.54, 1.807) is 14.0 Å². The summed E-state index contributed by atoms with van der Waals surface area (Å²) >= 11 is 0. The van der Waals surface area contributed by atoms with Crippen molar-refractivity contribution in [3.63, 3.8) is 0 Å². The van der Waals surface area contributed by atoms with Gasteiger partial charge in [0.15, 0.2) is 0 Å². The smallest absolute Gasteiger partial charge is 0.293 e. The summed E-state index contributed by atoms with van der Waals surface area (Å²) in [6.45, 7) is 6.58. The minimum atomic E-state index is -0.582. The Hall–Kier alpha value is -3.51. The summed E-state index contributed by atoms with van der Waals surface area (Å²) in [4.78, 5) is 20.8. The summed E-state index contributed by atoms with van der Waals surface area (Å²) in [5, 5.41) is 13.4. The maximum atomic E-state index is 13.1. The van der Waals surface area contributed by atoms with Gasteiger partial charge >= 0.3 is 0 Å². The zero-order valence-electron chi connectivity index (χ0n) is 22.1. The van der Waals surface area contributed by atoms with Crippen LogP contribution >= 0.6 is 0 Å². The molecule has 0 radical (unpaired) electrons. The highest BCUT2D eigenvalue weighted by Crippen LogP contribution is 2.29. The number of ether oxygens (including phenoxy) is 1. The van der Waals surface area contributed by atoms with Crippen LogP contribution in [0.1, 0.15) is 41.8 Å². The molecule has 1 saturated heterocycles. The lowest BCUT2D eigenvalue weighted by molar-refractivity contribution is -0.0333. The number of alkyl halides is 1. The molecule has 38 heavy (non-hydrogen) atoms. The third-order valence-corrected chi connectivity index (χ3v) is 7.08. The van der Waals surface area contributed by atoms with Gasteiger partial charge in [-0.15, -0.1) is 0 Å². The van der Waals surface area contributed by atoms with Crippen LogP contribution in [0.15, 0.2) is 59.7 Å². The largest absolute Gasteiger partial charge is 0.502 e. The first-order valence-electron chi connectivity index (χ1n) is 12.8. The van der Waals surface area contributed by atoms with Gasteiger partial charge in [0, 0.05) is 62.3 Å². The van der Waals surface area contributed by atoms with Crippen LogP contribution in [0.3, 0.4) is 0 Å². The zero-order chi connectivity index (χ0) is 27.1. The van der Waals surface area contributed by atoms with E-state index in [2.05, 4.69) is 44.2 Å². The SMILES string of the molecule is COC1CN(Cc2ccc(C#Cc3ccc(C(C)(CNC(C)CF)Cc4nc[nH]c(=O)c4O)cc3)cc2)C1. The average molecular weight is 519 g/mol. The molecule has 1 aliphatic heterocycles. The fourth-order valence-corrected chi connectivity index (χ4v) is 4.50. The number of likely N-dealkylation sites (tertiary alicyclic amines) is 1. The number of rotatable bonds is 10. The summed E-state index contributed by atoms with van der Waals surface area (Å²) in [7, 11) is 1.76. The molecule has 200 valence electrons. The first-order valence-corrected chi connectivity index (χ1v) is 12.8. The second kappa shape index (κ2) is 12.4. The number of halogens is 1. The number of nitrogens with one attached hydrogen (secondary N) is 2. The second-order valence-corrected chi connectivity index (χ2v) is 10.3. The van der Waals surface area contributed by atoms with E-state index in [0.717, 1.165) is 36.3 Å². The molecule has 1 aromatic heterocycles. The molecule has 0 aliphatic carbocycles. The van der Waals surface area contributed by atoms with Gasteiger partial charge in [-0.3, -0.25) is 9.69 Å². The molecule has 0 amide bonds. The monoisotopic (exact) mass is 518 g/mol. The molecule has 3 N–H and O–H groups in total. The molecule has 1 aliphatic rings. The zero-order valence-corrected chi connectivity index (χ0v) is 22.1. The predicted molar refractivity (Wildman–Crippen MR) is 146 cm³/mol. The molecule has 3 aromatic rings. The third kappa shape index (κ3) is 6.87. The van der Waals surface area contributed by atoms with Gasteiger partial charge in [-0.2, -0.15) is 0 Å². The molecule has 2 unspecified atom stereocenters. The number of hydrogen-bond donors (Lipinski definition) is 3. The normalized spacial score (nSPS) is 16.2. The second-order valence-electron chi connectivity index (χ2n) is 10.3. The Morgan fingerprint density at radius 1 is 1.18 bits per heavy atom. The van der Waals surface area contributed by atoms with Crippen LogP contribution in [0.25, 0.3) is 0 Å². The molecule has 0 saturated carbocycles. The minimum absolute atomic E-state index is 0.297. The molecular formula is C30H35FN4O3. The van der Waals surface area contributed by atoms with Crippen LogP contribution in [-0.4, -0.2) is 65.5 Å². The lowest BCUT2D eigenvalue weighted by atomic mass is 9.77. The van der Waals surface area contributed by atoms with Gasteiger partial charge in [0.1, 0.15) is 6.67 Å². The van der Waals surface area contributed by atoms with Gasteiger partial charge in [-0.05, 0) is 42.3 Å². The first kappa shape index (κ1) is 27.5. The predicted octanol–water partition coefficient (Wildman–Crippen LogP) is 3.15. The standard InChI is InChI=1S/C30H35FN4O3/c1-21(15-31)32-19-30(2,14-27-28(36)29(37)34-20-33-27)25-12-10-23(11-13-25)5-4-22-6-8-24(9-7-22)16-35-17-26(18-35)38-3/h6-13,20-21,26,32,36H,14-19H2,1-3H3,(H,33,34,37). The lowest BCUT2D eigenvalue weighted by Gasteiger charge is -2.38. The van der Waals surface area contributed by atoms with Gasteiger partial charge in [0.2, 0.25) is 5.75 Å². The van der Waals surface area contributed by atoms with Crippen molar-refractivity contribution >= 4 is 0 Å². The number of hydrogen-bond acceptors (Lipinski definition) is 6. The number of aromatic nitrogens is 2. The van der Waals surface area contributed by atoms with Crippen molar-refractivity contribution in [2.45, 2.75) is 44.4 Å². The van der Waals surface area contributed by atoms with Crippen molar-refractivity contribution in [3.8, 4) is 17.6 Å². The molecule has 0 spiro atoms. The summed E-state index contributed by atoms with van der Waals surface area (Å²) in [5.41, 5.74) is 3.20. The van der Waals surface area contributed by atoms with E-state index >= 15 is 0 Å². The molecule has 2 aromatic carbocycles. The van der Waals surface area contributed by atoms with E-state index in [1.807, 2.05) is 43.3 Å². The Morgan fingerprint density at radius 3 is 2.42 bits per heavy atom. The van der Waals surface area contributed by atoms with Gasteiger partial charge < -0.3 is 20.1 Å². The van der Waals surface area contributed by atoms with E-state index in [9.17, 15) is 14.3 Å². The van der Waals surface area contributed by atoms with Crippen molar-refractivity contribution in [2.24, 2.45) is 0 Å². The van der Waals surface area contributed by atoms with E-state index in [1.165, 1.54) is 11.9 Å². The van der Waals surface area contributed by atoms with E-state index in [-0.39, 0.29) is 6.04 Å². The highest BCUT2D eigenvalue weighted by Gasteiger charge is 2.30. The summed E-state index contributed by atoms with van der Waals surface area (Å²) in [5.74, 6) is 6.05. The first-order chi connectivity index (χ1) is 18.3. The van der Waals surface area contributed by atoms with Crippen molar-refractivity contribution in [1.82, 2.24) is 20.2 Å². The van der Waals surface area contributed by atoms with Crippen molar-refractivity contribution < 1.29 is 14.2 Å². The molecule has 2 heterocycles. The number of benzene rings is 2. The van der Waals surface area contributed by atoms with Crippen LogP contribution in [0.5, 0.6) is 5.75 Å². The maximum Gasteiger partial charge on any atom is 0.293 e. The van der Waals surface area contributed by atoms with Crippen LogP contribution in [0.2, 0.25) is 0 Å². The molecule has 4 rings (SSSR count). The topological polar surface area (TPSA) is 90.5 Å². The fourth-order valence-electron chi connectivity index (χ4n) is 4.50. The molecule has 8 heteroatoms. The van der Waals surface area contributed by atoms with Crippen molar-refractivity contribution in [2.75, 3.05) is 33.4 Å². The molecule has 2 atom stereocenters. The number of H-pyrrole nitrogens is 1. The quantitative estimate of drug-likeness (QED) is 0.357. The minimum Gasteiger partial charge on any atom is -0.502 e. The molecule has 7 nitrogen and oxygen atoms in total. The number of nitrogens with zero attached hydrogens (tertiary/aromatic N) is 2. The summed E-state index contributed by atoms with van der Waals surface area (Å²) in [6, 6.07) is 15.9. The van der Waals surface area contributed by atoms with Crippen LogP contribution in [-0.2, 0) is 23.1 Å². The Balaban J connectivity index is 1.46. The maximum absolute atomic E-state index is 13.1. The van der Waals surface area contributed by atoms with E-state index in [4.69, 9.17) is 4.74 Å². The van der Waals surface area contributed by atoms with Crippen LogP contribution < -0.4 is 10.9 Å². The van der Waals surface area contributed by atoms with Gasteiger partial charge in [0.05, 0.1) is 18.1 Å². The Bertz CT molecular complexity index is 1320. The average Bonchev–Trinajstić information content (AvgIpc) is 2.91. The van der Waals surface area contributed by atoms with Crippen molar-refractivity contribution in [1.29, 1.82) is 0 Å². The molecular weight excluding hydrogens is 483 g/mol. The van der Waals surface area contributed by atoms with Gasteiger partial charge in [-0.25, -0.2) is 9.37 Å². The van der Waals surface area contributed by atoms with Crippen molar-refractivity contribution in [3.05, 3.63) is 93.2 Å². The Labute approximate surface area is 223 Å². The lowest BCUT2D eigenvalue weighted by Crippen LogP contribution is -2.50. The van der Waals surface area contributed by atoms with E-state index in [0.29, 0.717) is 24.8 Å². The highest BCUT2D eigenvalue weighted by atomic mass is 19.1. The van der Waals surface area contributed by atoms with Crippen LogP contribution in [0, 0.1) is 11.8 Å². The molecule has 0 bridgehead atoms. The summed E-state index contributed by atoms with van der Waals surface area (Å²) < 4.78 is 18.5. The van der Waals surface area contributed by atoms with Gasteiger partial charge in [-0.1, -0.05) is 43.0 Å². The Kier molecular flexibility index (Phi) is 8.95.